The van der Waals surface area contributed by atoms with Gasteiger partial charge in [0.1, 0.15) is 0 Å². The zero-order valence-electron chi connectivity index (χ0n) is 12.8. The van der Waals surface area contributed by atoms with E-state index in [0.717, 1.165) is 11.1 Å². The Hall–Kier alpha value is -2.20. The average molecular weight is 330 g/mol. The Morgan fingerprint density at radius 1 is 1.13 bits per heavy atom. The van der Waals surface area contributed by atoms with Crippen LogP contribution in [0.25, 0.3) is 0 Å². The van der Waals surface area contributed by atoms with E-state index >= 15 is 0 Å². The van der Waals surface area contributed by atoms with Crippen molar-refractivity contribution in [1.29, 1.82) is 5.26 Å². The number of nitrogens with one attached hydrogen (secondary N) is 1. The molecule has 0 radical (unpaired) electrons. The van der Waals surface area contributed by atoms with Gasteiger partial charge in [-0.15, -0.1) is 0 Å². The smallest absolute Gasteiger partial charge is 0.240 e. The van der Waals surface area contributed by atoms with Crippen LogP contribution in [0.2, 0.25) is 0 Å². The number of sulfonamides is 1. The maximum atomic E-state index is 12.4. The van der Waals surface area contributed by atoms with Crippen LogP contribution in [0.3, 0.4) is 0 Å². The molecular formula is C17H18N2O3S. The molecule has 0 saturated carbocycles. The van der Waals surface area contributed by atoms with E-state index in [1.165, 1.54) is 6.07 Å². The largest absolute Gasteiger partial charge is 0.392 e. The van der Waals surface area contributed by atoms with E-state index < -0.39 is 10.0 Å². The molecule has 5 nitrogen and oxygen atoms in total. The van der Waals surface area contributed by atoms with Gasteiger partial charge in [0.05, 0.1) is 23.1 Å². The maximum Gasteiger partial charge on any atom is 0.240 e. The van der Waals surface area contributed by atoms with Crippen LogP contribution in [0.1, 0.15) is 22.3 Å². The maximum absolute atomic E-state index is 12.4. The molecule has 2 aromatic carbocycles. The Balaban J connectivity index is 2.05. The summed E-state index contributed by atoms with van der Waals surface area (Å²) >= 11 is 0. The second kappa shape index (κ2) is 7.38. The Kier molecular flexibility index (Phi) is 5.50. The van der Waals surface area contributed by atoms with E-state index in [1.807, 2.05) is 30.3 Å². The minimum absolute atomic E-state index is 0.0125. The predicted molar refractivity (Wildman–Crippen MR) is 87.2 cm³/mol. The fourth-order valence-electron chi connectivity index (χ4n) is 2.18. The quantitative estimate of drug-likeness (QED) is 0.846. The molecule has 0 amide bonds. The molecule has 0 aliphatic heterocycles. The summed E-state index contributed by atoms with van der Waals surface area (Å²) in [5.41, 5.74) is 2.71. The zero-order chi connectivity index (χ0) is 16.9. The third-order valence-corrected chi connectivity index (χ3v) is 5.12. The standard InChI is InChI=1S/C17H18N2O3S/c1-13-2-3-16(11-18)10-17(13)23(21,22)19-9-8-14-4-6-15(12-20)7-5-14/h2-7,10,19-20H,8-9,12H2,1H3. The van der Waals surface area contributed by atoms with Crippen molar-refractivity contribution < 1.29 is 13.5 Å². The molecule has 6 heteroatoms. The van der Waals surface area contributed by atoms with Gasteiger partial charge < -0.3 is 5.11 Å². The number of benzene rings is 2. The lowest BCUT2D eigenvalue weighted by Crippen LogP contribution is -2.26. The lowest BCUT2D eigenvalue weighted by Gasteiger charge is -2.10. The first-order valence-electron chi connectivity index (χ1n) is 7.15. The Labute approximate surface area is 136 Å². The molecule has 0 aliphatic carbocycles. The third-order valence-electron chi connectivity index (χ3n) is 3.52. The van der Waals surface area contributed by atoms with Gasteiger partial charge in [0.15, 0.2) is 0 Å². The van der Waals surface area contributed by atoms with Crippen LogP contribution >= 0.6 is 0 Å². The molecule has 120 valence electrons. The molecule has 0 fully saturated rings. The second-order valence-electron chi connectivity index (χ2n) is 5.21. The summed E-state index contributed by atoms with van der Waals surface area (Å²) in [4.78, 5) is 0.132. The normalized spacial score (nSPS) is 11.2. The van der Waals surface area contributed by atoms with Gasteiger partial charge in [-0.25, -0.2) is 13.1 Å². The fourth-order valence-corrected chi connectivity index (χ4v) is 3.48. The highest BCUT2D eigenvalue weighted by Crippen LogP contribution is 2.16. The van der Waals surface area contributed by atoms with Crippen molar-refractivity contribution in [2.45, 2.75) is 24.8 Å². The summed E-state index contributed by atoms with van der Waals surface area (Å²) in [5, 5.41) is 17.9. The van der Waals surface area contributed by atoms with E-state index in [0.29, 0.717) is 17.5 Å². The SMILES string of the molecule is Cc1ccc(C#N)cc1S(=O)(=O)NCCc1ccc(CO)cc1. The second-order valence-corrected chi connectivity index (χ2v) is 6.95. The van der Waals surface area contributed by atoms with Crippen LogP contribution in [0.4, 0.5) is 0 Å². The molecule has 0 bridgehead atoms. The van der Waals surface area contributed by atoms with E-state index in [4.69, 9.17) is 10.4 Å². The number of aliphatic hydroxyl groups excluding tert-OH is 1. The van der Waals surface area contributed by atoms with Gasteiger partial charge in [0.2, 0.25) is 10.0 Å². The minimum atomic E-state index is -3.65. The molecule has 23 heavy (non-hydrogen) atoms. The van der Waals surface area contributed by atoms with Crippen LogP contribution in [0.15, 0.2) is 47.4 Å². The van der Waals surface area contributed by atoms with Crippen molar-refractivity contribution in [3.05, 3.63) is 64.7 Å². The number of hydrogen-bond donors (Lipinski definition) is 2. The van der Waals surface area contributed by atoms with Crippen molar-refractivity contribution in [1.82, 2.24) is 4.72 Å². The van der Waals surface area contributed by atoms with Gasteiger partial charge in [-0.3, -0.25) is 0 Å². The zero-order valence-corrected chi connectivity index (χ0v) is 13.6. The number of aryl methyl sites for hydroxylation is 1. The molecule has 2 N–H and O–H groups in total. The molecule has 2 rings (SSSR count). The summed E-state index contributed by atoms with van der Waals surface area (Å²) in [5.74, 6) is 0. The number of nitrogens with zero attached hydrogens (tertiary/aromatic N) is 1. The predicted octanol–water partition coefficient (Wildman–Crippen LogP) is 1.88. The van der Waals surface area contributed by atoms with Crippen LogP contribution in [-0.4, -0.2) is 20.1 Å². The summed E-state index contributed by atoms with van der Waals surface area (Å²) in [7, 11) is -3.65. The highest BCUT2D eigenvalue weighted by atomic mass is 32.2. The first-order chi connectivity index (χ1) is 11.0. The van der Waals surface area contributed by atoms with Crippen LogP contribution in [0.5, 0.6) is 0 Å². The van der Waals surface area contributed by atoms with E-state index in [1.54, 1.807) is 19.1 Å². The summed E-state index contributed by atoms with van der Waals surface area (Å²) in [6.45, 7) is 1.95. The topological polar surface area (TPSA) is 90.2 Å². The minimum Gasteiger partial charge on any atom is -0.392 e. The van der Waals surface area contributed by atoms with Crippen molar-refractivity contribution >= 4 is 10.0 Å². The van der Waals surface area contributed by atoms with Gasteiger partial charge in [0, 0.05) is 6.54 Å². The number of hydrogen-bond acceptors (Lipinski definition) is 4. The molecule has 0 unspecified atom stereocenters. The summed E-state index contributed by atoms with van der Waals surface area (Å²) in [6, 6.07) is 13.9. The molecular weight excluding hydrogens is 312 g/mol. The van der Waals surface area contributed by atoms with Gasteiger partial charge in [0.25, 0.3) is 0 Å². The number of nitriles is 1. The lowest BCUT2D eigenvalue weighted by molar-refractivity contribution is 0.282. The van der Waals surface area contributed by atoms with E-state index in [-0.39, 0.29) is 18.0 Å². The van der Waals surface area contributed by atoms with Crippen LogP contribution in [-0.2, 0) is 23.1 Å². The van der Waals surface area contributed by atoms with Crippen molar-refractivity contribution in [3.63, 3.8) is 0 Å². The van der Waals surface area contributed by atoms with Crippen molar-refractivity contribution in [2.75, 3.05) is 6.54 Å². The van der Waals surface area contributed by atoms with Gasteiger partial charge in [-0.05, 0) is 42.2 Å². The van der Waals surface area contributed by atoms with E-state index in [2.05, 4.69) is 4.72 Å². The Morgan fingerprint density at radius 2 is 1.78 bits per heavy atom. The van der Waals surface area contributed by atoms with Crippen LogP contribution < -0.4 is 4.72 Å². The summed E-state index contributed by atoms with van der Waals surface area (Å²) < 4.78 is 27.3. The average Bonchev–Trinajstić information content (AvgIpc) is 2.55. The molecule has 0 saturated heterocycles. The van der Waals surface area contributed by atoms with Crippen LogP contribution in [0, 0.1) is 18.3 Å². The summed E-state index contributed by atoms with van der Waals surface area (Å²) in [6.07, 6.45) is 0.544. The molecule has 0 heterocycles. The molecule has 0 atom stereocenters. The number of aliphatic hydroxyl groups is 1. The van der Waals surface area contributed by atoms with Crippen molar-refractivity contribution in [3.8, 4) is 6.07 Å². The Morgan fingerprint density at radius 3 is 2.39 bits per heavy atom. The van der Waals surface area contributed by atoms with E-state index in [9.17, 15) is 8.42 Å². The molecule has 0 aliphatic rings. The highest BCUT2D eigenvalue weighted by Gasteiger charge is 2.16. The number of rotatable bonds is 6. The first-order valence-corrected chi connectivity index (χ1v) is 8.63. The lowest BCUT2D eigenvalue weighted by atomic mass is 10.1. The van der Waals surface area contributed by atoms with Crippen molar-refractivity contribution in [2.24, 2.45) is 0 Å². The monoisotopic (exact) mass is 330 g/mol. The van der Waals surface area contributed by atoms with Gasteiger partial charge in [-0.1, -0.05) is 30.3 Å². The fraction of sp³-hybridized carbons (Fsp3) is 0.235. The molecule has 0 spiro atoms. The molecule has 0 aromatic heterocycles. The Bertz CT molecular complexity index is 822. The molecule has 2 aromatic rings. The third kappa shape index (κ3) is 4.39. The van der Waals surface area contributed by atoms with Gasteiger partial charge >= 0.3 is 0 Å². The van der Waals surface area contributed by atoms with Gasteiger partial charge in [-0.2, -0.15) is 5.26 Å². The highest BCUT2D eigenvalue weighted by molar-refractivity contribution is 7.89. The first kappa shape index (κ1) is 17.2.